The van der Waals surface area contributed by atoms with Crippen molar-refractivity contribution in [2.24, 2.45) is 5.14 Å². The monoisotopic (exact) mass is 406 g/mol. The Bertz CT molecular complexity index is 1170. The number of hydrogen-bond donors (Lipinski definition) is 1. The molecular formula is C16H11ClN4O3S2. The molecule has 0 unspecified atom stereocenters. The molecule has 0 fully saturated rings. The van der Waals surface area contributed by atoms with E-state index in [1.54, 1.807) is 30.5 Å². The van der Waals surface area contributed by atoms with Crippen LogP contribution in [0.4, 0.5) is 0 Å². The Morgan fingerprint density at radius 1 is 1.12 bits per heavy atom. The van der Waals surface area contributed by atoms with Crippen LogP contribution < -0.4 is 9.88 Å². The first-order valence-electron chi connectivity index (χ1n) is 7.32. The number of aromatic nitrogens is 3. The van der Waals surface area contributed by atoms with Gasteiger partial charge in [-0.25, -0.2) is 23.1 Å². The van der Waals surface area contributed by atoms with E-state index in [9.17, 15) is 8.42 Å². The molecule has 0 saturated heterocycles. The number of para-hydroxylation sites is 1. The lowest BCUT2D eigenvalue weighted by Gasteiger charge is -2.09. The molecule has 2 aromatic heterocycles. The van der Waals surface area contributed by atoms with Gasteiger partial charge in [-0.15, -0.1) is 5.10 Å². The molecule has 10 heteroatoms. The molecule has 2 heterocycles. The van der Waals surface area contributed by atoms with Gasteiger partial charge < -0.3 is 4.74 Å². The average molecular weight is 407 g/mol. The number of imidazole rings is 1. The number of hydrogen-bond acceptors (Lipinski definition) is 6. The zero-order valence-electron chi connectivity index (χ0n) is 13.0. The Hall–Kier alpha value is -2.46. The highest BCUT2D eigenvalue weighted by atomic mass is 35.5. The predicted octanol–water partition coefficient (Wildman–Crippen LogP) is 3.55. The van der Waals surface area contributed by atoms with Gasteiger partial charge in [0.25, 0.3) is 10.0 Å². The summed E-state index contributed by atoms with van der Waals surface area (Å²) in [5.41, 5.74) is 1.35. The number of halogens is 1. The van der Waals surface area contributed by atoms with E-state index in [-0.39, 0.29) is 4.34 Å². The summed E-state index contributed by atoms with van der Waals surface area (Å²) in [5, 5.41) is 9.68. The quantitative estimate of drug-likeness (QED) is 0.558. The highest BCUT2D eigenvalue weighted by Gasteiger charge is 2.18. The van der Waals surface area contributed by atoms with Crippen LogP contribution in [0.15, 0.2) is 59.1 Å². The molecule has 0 radical (unpaired) electrons. The third-order valence-electron chi connectivity index (χ3n) is 3.47. The minimum absolute atomic E-state index is 0.183. The summed E-state index contributed by atoms with van der Waals surface area (Å²) < 4.78 is 29.9. The Labute approximate surface area is 157 Å². The van der Waals surface area contributed by atoms with E-state index < -0.39 is 10.0 Å². The van der Waals surface area contributed by atoms with Crippen LogP contribution in [-0.4, -0.2) is 23.0 Å². The first-order valence-corrected chi connectivity index (χ1v) is 10.1. The van der Waals surface area contributed by atoms with Crippen LogP contribution in [0.25, 0.3) is 16.2 Å². The minimum atomic E-state index is -3.85. The lowest BCUT2D eigenvalue weighted by atomic mass is 10.1. The molecule has 0 aliphatic carbocycles. The highest BCUT2D eigenvalue weighted by Crippen LogP contribution is 2.34. The third kappa shape index (κ3) is 3.29. The van der Waals surface area contributed by atoms with E-state index in [0.29, 0.717) is 27.2 Å². The maximum Gasteiger partial charge on any atom is 0.267 e. The number of fused-ring (bicyclic) bond motifs is 1. The zero-order valence-corrected chi connectivity index (χ0v) is 15.4. The van der Waals surface area contributed by atoms with Crippen molar-refractivity contribution in [1.29, 1.82) is 0 Å². The molecule has 0 aliphatic rings. The number of nitrogens with zero attached hydrogens (tertiary/aromatic N) is 3. The first-order chi connectivity index (χ1) is 12.4. The Morgan fingerprint density at radius 3 is 2.54 bits per heavy atom. The molecule has 26 heavy (non-hydrogen) atoms. The van der Waals surface area contributed by atoms with Gasteiger partial charge >= 0.3 is 0 Å². The standard InChI is InChI=1S/C16H11ClN4O3S2/c17-10-5-7-11(8-6-10)24-14-4-2-1-3-12(14)13-9-21-15(19-13)25-16(20-21)26(18,22)23/h1-9H,(H2,18,22,23). The van der Waals surface area contributed by atoms with Crippen LogP contribution in [0.1, 0.15) is 0 Å². The van der Waals surface area contributed by atoms with Gasteiger partial charge in [-0.05, 0) is 36.4 Å². The van der Waals surface area contributed by atoms with Gasteiger partial charge in [0.2, 0.25) is 9.30 Å². The number of rotatable bonds is 4. The van der Waals surface area contributed by atoms with Crippen molar-refractivity contribution in [2.75, 3.05) is 0 Å². The second-order valence-corrected chi connectivity index (χ2v) is 8.45. The lowest BCUT2D eigenvalue weighted by Crippen LogP contribution is -2.12. The summed E-state index contributed by atoms with van der Waals surface area (Å²) in [6, 6.07) is 14.4. The Balaban J connectivity index is 1.72. The summed E-state index contributed by atoms with van der Waals surface area (Å²) in [7, 11) is -3.85. The molecule has 4 rings (SSSR count). The number of nitrogens with two attached hydrogens (primary N) is 1. The number of ether oxygens (including phenoxy) is 1. The third-order valence-corrected chi connectivity index (χ3v) is 5.96. The Kier molecular flexibility index (Phi) is 4.16. The van der Waals surface area contributed by atoms with Crippen molar-refractivity contribution in [1.82, 2.24) is 14.6 Å². The summed E-state index contributed by atoms with van der Waals surface area (Å²) >= 11 is 6.80. The van der Waals surface area contributed by atoms with Crippen LogP contribution in [0, 0.1) is 0 Å². The van der Waals surface area contributed by atoms with E-state index in [1.807, 2.05) is 24.3 Å². The summed E-state index contributed by atoms with van der Waals surface area (Å²) in [5.74, 6) is 1.24. The van der Waals surface area contributed by atoms with Gasteiger partial charge in [-0.3, -0.25) is 0 Å². The molecule has 7 nitrogen and oxygen atoms in total. The fourth-order valence-corrected chi connectivity index (χ4v) is 3.96. The zero-order chi connectivity index (χ0) is 18.3. The molecule has 0 aliphatic heterocycles. The van der Waals surface area contributed by atoms with Crippen molar-refractivity contribution in [3.05, 3.63) is 59.8 Å². The molecular weight excluding hydrogens is 396 g/mol. The van der Waals surface area contributed by atoms with Crippen LogP contribution in [0.5, 0.6) is 11.5 Å². The normalized spacial score (nSPS) is 11.8. The molecule has 2 aromatic carbocycles. The van der Waals surface area contributed by atoms with Crippen LogP contribution in [0.2, 0.25) is 5.02 Å². The average Bonchev–Trinajstić information content (AvgIpc) is 3.16. The lowest BCUT2D eigenvalue weighted by molar-refractivity contribution is 0.484. The van der Waals surface area contributed by atoms with E-state index in [1.165, 1.54) is 4.52 Å². The van der Waals surface area contributed by atoms with Crippen molar-refractivity contribution in [2.45, 2.75) is 4.34 Å². The molecule has 0 bridgehead atoms. The minimum Gasteiger partial charge on any atom is -0.457 e. The van der Waals surface area contributed by atoms with Crippen LogP contribution in [0.3, 0.4) is 0 Å². The van der Waals surface area contributed by atoms with Crippen molar-refractivity contribution >= 4 is 37.9 Å². The van der Waals surface area contributed by atoms with Crippen LogP contribution in [-0.2, 0) is 10.0 Å². The second-order valence-electron chi connectivity index (χ2n) is 5.32. The van der Waals surface area contributed by atoms with Gasteiger partial charge in [0, 0.05) is 10.6 Å². The molecule has 132 valence electrons. The van der Waals surface area contributed by atoms with Gasteiger partial charge in [0.1, 0.15) is 11.5 Å². The van der Waals surface area contributed by atoms with Gasteiger partial charge in [-0.2, -0.15) is 0 Å². The molecule has 0 spiro atoms. The van der Waals surface area contributed by atoms with Crippen molar-refractivity contribution < 1.29 is 13.2 Å². The summed E-state index contributed by atoms with van der Waals surface area (Å²) in [6.07, 6.45) is 1.63. The number of sulfonamides is 1. The topological polar surface area (TPSA) is 99.6 Å². The van der Waals surface area contributed by atoms with Crippen molar-refractivity contribution in [3.63, 3.8) is 0 Å². The highest BCUT2D eigenvalue weighted by molar-refractivity contribution is 7.91. The van der Waals surface area contributed by atoms with Gasteiger partial charge in [0.05, 0.1) is 11.9 Å². The molecule has 0 atom stereocenters. The van der Waals surface area contributed by atoms with E-state index in [0.717, 1.165) is 16.9 Å². The van der Waals surface area contributed by atoms with E-state index in [4.69, 9.17) is 21.5 Å². The maximum absolute atomic E-state index is 11.4. The summed E-state index contributed by atoms with van der Waals surface area (Å²) in [6.45, 7) is 0. The SMILES string of the molecule is NS(=O)(=O)c1nn2cc(-c3ccccc3Oc3ccc(Cl)cc3)nc2s1. The molecule has 0 saturated carbocycles. The maximum atomic E-state index is 11.4. The molecule has 0 amide bonds. The largest absolute Gasteiger partial charge is 0.457 e. The number of primary sulfonamides is 1. The van der Waals surface area contributed by atoms with Gasteiger partial charge in [0.15, 0.2) is 0 Å². The van der Waals surface area contributed by atoms with Crippen LogP contribution >= 0.6 is 22.9 Å². The molecule has 4 aromatic rings. The second kappa shape index (κ2) is 6.36. The van der Waals surface area contributed by atoms with Crippen molar-refractivity contribution in [3.8, 4) is 22.8 Å². The summed E-state index contributed by atoms with van der Waals surface area (Å²) in [4.78, 5) is 4.85. The fraction of sp³-hybridized carbons (Fsp3) is 0. The fourth-order valence-electron chi connectivity index (χ4n) is 2.32. The first kappa shape index (κ1) is 17.0. The number of benzene rings is 2. The smallest absolute Gasteiger partial charge is 0.267 e. The van der Waals surface area contributed by atoms with E-state index in [2.05, 4.69) is 10.1 Å². The van der Waals surface area contributed by atoms with Gasteiger partial charge in [-0.1, -0.05) is 35.1 Å². The van der Waals surface area contributed by atoms with E-state index >= 15 is 0 Å². The Morgan fingerprint density at radius 2 is 1.85 bits per heavy atom. The predicted molar refractivity (Wildman–Crippen MR) is 99.2 cm³/mol. The molecule has 2 N–H and O–H groups in total.